The molecule has 0 bridgehead atoms. The van der Waals surface area contributed by atoms with Crippen LogP contribution in [0.5, 0.6) is 0 Å². The number of nitrogens with one attached hydrogen (secondary N) is 1. The van der Waals surface area contributed by atoms with Crippen molar-refractivity contribution in [1.82, 2.24) is 9.62 Å². The Labute approximate surface area is 138 Å². The van der Waals surface area contributed by atoms with E-state index >= 15 is 0 Å². The van der Waals surface area contributed by atoms with Gasteiger partial charge in [-0.25, -0.2) is 8.42 Å². The molecule has 3 N–H and O–H groups in total. The number of carbonyl (C=O) groups excluding carboxylic acids is 1. The second-order valence-electron chi connectivity index (χ2n) is 6.10. The molecule has 0 radical (unpaired) electrons. The van der Waals surface area contributed by atoms with Gasteiger partial charge in [-0.15, -0.1) is 0 Å². The zero-order chi connectivity index (χ0) is 16.9. The minimum Gasteiger partial charge on any atom is -0.356 e. The molecule has 1 heterocycles. The quantitative estimate of drug-likeness (QED) is 0.802. The Balaban J connectivity index is 2.02. The highest BCUT2D eigenvalue weighted by Crippen LogP contribution is 2.23. The van der Waals surface area contributed by atoms with Gasteiger partial charge < -0.3 is 11.1 Å². The molecule has 23 heavy (non-hydrogen) atoms. The molecule has 128 valence electrons. The lowest BCUT2D eigenvalue weighted by molar-refractivity contribution is -0.126. The molecule has 2 rings (SSSR count). The van der Waals surface area contributed by atoms with Crippen LogP contribution < -0.4 is 11.1 Å². The summed E-state index contributed by atoms with van der Waals surface area (Å²) in [5.41, 5.74) is 5.54. The van der Waals surface area contributed by atoms with E-state index in [2.05, 4.69) is 5.32 Å². The molecule has 2 unspecified atom stereocenters. The molecule has 0 aromatic heterocycles. The molecule has 1 aliphatic heterocycles. The van der Waals surface area contributed by atoms with E-state index in [9.17, 15) is 13.2 Å². The lowest BCUT2D eigenvalue weighted by atomic mass is 9.98. The summed E-state index contributed by atoms with van der Waals surface area (Å²) >= 11 is 0. The minimum atomic E-state index is -3.53. The summed E-state index contributed by atoms with van der Waals surface area (Å²) in [4.78, 5) is 12.5. The molecule has 7 heteroatoms. The van der Waals surface area contributed by atoms with Gasteiger partial charge in [0.15, 0.2) is 0 Å². The molecule has 6 nitrogen and oxygen atoms in total. The second-order valence-corrected chi connectivity index (χ2v) is 8.04. The Kier molecular flexibility index (Phi) is 6.15. The lowest BCUT2D eigenvalue weighted by Gasteiger charge is -2.31. The molecule has 2 atom stereocenters. The topological polar surface area (TPSA) is 92.5 Å². The van der Waals surface area contributed by atoms with Gasteiger partial charge in [0, 0.05) is 19.6 Å². The summed E-state index contributed by atoms with van der Waals surface area (Å²) in [6.07, 6.45) is 1.40. The average molecular weight is 339 g/mol. The highest BCUT2D eigenvalue weighted by atomic mass is 32.2. The number of sulfonamides is 1. The smallest absolute Gasteiger partial charge is 0.243 e. The van der Waals surface area contributed by atoms with Crippen LogP contribution in [0.1, 0.15) is 19.8 Å². The summed E-state index contributed by atoms with van der Waals surface area (Å²) < 4.78 is 26.7. The van der Waals surface area contributed by atoms with Crippen LogP contribution in [0.4, 0.5) is 0 Å². The molecule has 1 saturated heterocycles. The van der Waals surface area contributed by atoms with Crippen molar-refractivity contribution < 1.29 is 13.2 Å². The maximum absolute atomic E-state index is 12.6. The summed E-state index contributed by atoms with van der Waals surface area (Å²) in [6, 6.07) is 8.36. The summed E-state index contributed by atoms with van der Waals surface area (Å²) in [7, 11) is -3.53. The van der Waals surface area contributed by atoms with Crippen molar-refractivity contribution in [1.29, 1.82) is 0 Å². The summed E-state index contributed by atoms with van der Waals surface area (Å²) in [5, 5.41) is 2.87. The van der Waals surface area contributed by atoms with Gasteiger partial charge in [-0.3, -0.25) is 4.79 Å². The molecule has 0 saturated carbocycles. The zero-order valence-corrected chi connectivity index (χ0v) is 14.3. The van der Waals surface area contributed by atoms with E-state index < -0.39 is 10.0 Å². The van der Waals surface area contributed by atoms with Crippen molar-refractivity contribution in [2.75, 3.05) is 26.2 Å². The lowest BCUT2D eigenvalue weighted by Crippen LogP contribution is -2.46. The Hall–Kier alpha value is -1.44. The van der Waals surface area contributed by atoms with Crippen LogP contribution in [-0.4, -0.2) is 44.8 Å². The van der Waals surface area contributed by atoms with E-state index in [1.54, 1.807) is 30.3 Å². The van der Waals surface area contributed by atoms with Gasteiger partial charge >= 0.3 is 0 Å². The molecule has 0 spiro atoms. The van der Waals surface area contributed by atoms with Crippen molar-refractivity contribution >= 4 is 15.9 Å². The van der Waals surface area contributed by atoms with Crippen LogP contribution in [0, 0.1) is 11.8 Å². The molecular weight excluding hydrogens is 314 g/mol. The van der Waals surface area contributed by atoms with Crippen molar-refractivity contribution in [2.24, 2.45) is 17.6 Å². The standard InChI is InChI=1S/C16H25N3O3S/c1-13(10-17)11-18-16(20)14-6-5-9-19(12-14)23(21,22)15-7-3-2-4-8-15/h2-4,7-8,13-14H,5-6,9-12,17H2,1H3,(H,18,20). The predicted octanol–water partition coefficient (Wildman–Crippen LogP) is 0.798. The highest BCUT2D eigenvalue weighted by Gasteiger charge is 2.33. The summed E-state index contributed by atoms with van der Waals surface area (Å²) in [5.74, 6) is -0.169. The van der Waals surface area contributed by atoms with Crippen LogP contribution in [0.2, 0.25) is 0 Å². The number of hydrogen-bond donors (Lipinski definition) is 2. The molecule has 1 aliphatic rings. The van der Waals surface area contributed by atoms with E-state index in [1.165, 1.54) is 4.31 Å². The van der Waals surface area contributed by atoms with Gasteiger partial charge in [0.05, 0.1) is 10.8 Å². The molecule has 1 fully saturated rings. The fourth-order valence-corrected chi connectivity index (χ4v) is 4.16. The first-order valence-corrected chi connectivity index (χ1v) is 9.42. The number of carbonyl (C=O) groups is 1. The van der Waals surface area contributed by atoms with Crippen molar-refractivity contribution in [2.45, 2.75) is 24.7 Å². The number of piperidine rings is 1. The number of benzene rings is 1. The minimum absolute atomic E-state index is 0.0849. The number of rotatable bonds is 6. The third kappa shape index (κ3) is 4.53. The van der Waals surface area contributed by atoms with E-state index in [-0.39, 0.29) is 29.2 Å². The summed E-state index contributed by atoms with van der Waals surface area (Å²) in [6.45, 7) is 3.70. The Morgan fingerprint density at radius 1 is 1.39 bits per heavy atom. The Morgan fingerprint density at radius 2 is 2.09 bits per heavy atom. The van der Waals surface area contributed by atoms with E-state index in [0.717, 1.165) is 0 Å². The first-order valence-electron chi connectivity index (χ1n) is 7.98. The molecule has 1 aromatic rings. The van der Waals surface area contributed by atoms with Crippen LogP contribution in [0.15, 0.2) is 35.2 Å². The van der Waals surface area contributed by atoms with Gasteiger partial charge in [-0.2, -0.15) is 4.31 Å². The van der Waals surface area contributed by atoms with Crippen molar-refractivity contribution in [3.63, 3.8) is 0 Å². The number of nitrogens with zero attached hydrogens (tertiary/aromatic N) is 1. The number of hydrogen-bond acceptors (Lipinski definition) is 4. The fraction of sp³-hybridized carbons (Fsp3) is 0.562. The molecule has 1 amide bonds. The van der Waals surface area contributed by atoms with E-state index in [0.29, 0.717) is 32.5 Å². The predicted molar refractivity (Wildman–Crippen MR) is 89.2 cm³/mol. The maximum Gasteiger partial charge on any atom is 0.243 e. The van der Waals surface area contributed by atoms with Gasteiger partial charge in [0.2, 0.25) is 15.9 Å². The van der Waals surface area contributed by atoms with E-state index in [4.69, 9.17) is 5.73 Å². The zero-order valence-electron chi connectivity index (χ0n) is 13.4. The highest BCUT2D eigenvalue weighted by molar-refractivity contribution is 7.89. The maximum atomic E-state index is 12.6. The van der Waals surface area contributed by atoms with Gasteiger partial charge in [0.1, 0.15) is 0 Å². The van der Waals surface area contributed by atoms with Gasteiger partial charge in [0.25, 0.3) is 0 Å². The SMILES string of the molecule is CC(CN)CNC(=O)C1CCCN(S(=O)(=O)c2ccccc2)C1. The third-order valence-corrected chi connectivity index (χ3v) is 6.04. The monoisotopic (exact) mass is 339 g/mol. The van der Waals surface area contributed by atoms with Crippen molar-refractivity contribution in [3.8, 4) is 0 Å². The van der Waals surface area contributed by atoms with Crippen LogP contribution in [-0.2, 0) is 14.8 Å². The molecular formula is C16H25N3O3S. The largest absolute Gasteiger partial charge is 0.356 e. The first kappa shape index (κ1) is 17.9. The van der Waals surface area contributed by atoms with E-state index in [1.807, 2.05) is 6.92 Å². The Morgan fingerprint density at radius 3 is 2.74 bits per heavy atom. The van der Waals surface area contributed by atoms with Crippen LogP contribution in [0.3, 0.4) is 0 Å². The number of nitrogens with two attached hydrogens (primary N) is 1. The fourth-order valence-electron chi connectivity index (χ4n) is 2.62. The van der Waals surface area contributed by atoms with Crippen LogP contribution in [0.25, 0.3) is 0 Å². The normalized spacial score (nSPS) is 20.9. The molecule has 1 aromatic carbocycles. The van der Waals surface area contributed by atoms with Gasteiger partial charge in [-0.1, -0.05) is 25.1 Å². The average Bonchev–Trinajstić information content (AvgIpc) is 2.60. The first-order chi connectivity index (χ1) is 10.9. The Bertz CT molecular complexity index is 619. The molecule has 0 aliphatic carbocycles. The number of amides is 1. The second kappa shape index (κ2) is 7.90. The van der Waals surface area contributed by atoms with Crippen LogP contribution >= 0.6 is 0 Å². The van der Waals surface area contributed by atoms with Gasteiger partial charge in [-0.05, 0) is 37.4 Å². The third-order valence-electron chi connectivity index (χ3n) is 4.16. The van der Waals surface area contributed by atoms with Crippen molar-refractivity contribution in [3.05, 3.63) is 30.3 Å².